The van der Waals surface area contributed by atoms with Gasteiger partial charge in [-0.3, -0.25) is 14.8 Å². The minimum atomic E-state index is -0.0599. The number of hydrogen-bond donors (Lipinski definition) is 1. The summed E-state index contributed by atoms with van der Waals surface area (Å²) in [5.41, 5.74) is 2.12. The van der Waals surface area contributed by atoms with Gasteiger partial charge in [-0.1, -0.05) is 0 Å². The summed E-state index contributed by atoms with van der Waals surface area (Å²) in [6.45, 7) is 5.59. The number of aryl methyl sites for hydroxylation is 1. The van der Waals surface area contributed by atoms with E-state index in [1.807, 2.05) is 19.2 Å². The molecule has 26 heavy (non-hydrogen) atoms. The Morgan fingerprint density at radius 2 is 2.12 bits per heavy atom. The van der Waals surface area contributed by atoms with E-state index in [2.05, 4.69) is 31.4 Å². The molecule has 1 N–H and O–H groups in total. The van der Waals surface area contributed by atoms with Gasteiger partial charge in [0.2, 0.25) is 0 Å². The van der Waals surface area contributed by atoms with Gasteiger partial charge in [0.25, 0.3) is 5.56 Å². The van der Waals surface area contributed by atoms with E-state index < -0.39 is 0 Å². The standard InChI is InChI=1S/C18H23N7O/c1-14-11-16(21-20-14)13-23-9-5-15(6-10-23)12-25-18(26)4-3-17(22-25)24-8-2-7-19-24/h2-4,7-8,11,15H,5-6,9-10,12-13H2,1H3,(H,20,21). The van der Waals surface area contributed by atoms with Crippen LogP contribution in [0.5, 0.6) is 0 Å². The van der Waals surface area contributed by atoms with Crippen LogP contribution in [0.4, 0.5) is 0 Å². The number of aromatic amines is 1. The van der Waals surface area contributed by atoms with Crippen molar-refractivity contribution in [3.05, 3.63) is 58.4 Å². The molecule has 0 aromatic carbocycles. The molecule has 1 aliphatic heterocycles. The van der Waals surface area contributed by atoms with Crippen molar-refractivity contribution in [3.8, 4) is 5.82 Å². The van der Waals surface area contributed by atoms with E-state index in [1.165, 1.54) is 0 Å². The number of likely N-dealkylation sites (tertiary alicyclic amines) is 1. The first kappa shape index (κ1) is 16.7. The number of nitrogens with one attached hydrogen (secondary N) is 1. The summed E-state index contributed by atoms with van der Waals surface area (Å²) in [6.07, 6.45) is 5.65. The zero-order chi connectivity index (χ0) is 17.9. The molecular weight excluding hydrogens is 330 g/mol. The van der Waals surface area contributed by atoms with E-state index >= 15 is 0 Å². The average Bonchev–Trinajstić information content (AvgIpc) is 3.31. The summed E-state index contributed by atoms with van der Waals surface area (Å²) in [5, 5.41) is 16.0. The van der Waals surface area contributed by atoms with Crippen molar-refractivity contribution in [2.75, 3.05) is 13.1 Å². The third kappa shape index (κ3) is 3.75. The average molecular weight is 353 g/mol. The second-order valence-electron chi connectivity index (χ2n) is 6.92. The minimum absolute atomic E-state index is 0.0599. The Hall–Kier alpha value is -2.74. The van der Waals surface area contributed by atoms with Crippen LogP contribution < -0.4 is 5.56 Å². The van der Waals surface area contributed by atoms with Gasteiger partial charge in [-0.05, 0) is 57.0 Å². The lowest BCUT2D eigenvalue weighted by atomic mass is 9.96. The molecule has 0 amide bonds. The first-order valence-electron chi connectivity index (χ1n) is 8.99. The Bertz CT molecular complexity index is 904. The largest absolute Gasteiger partial charge is 0.297 e. The maximum absolute atomic E-state index is 12.2. The molecule has 0 unspecified atom stereocenters. The second-order valence-corrected chi connectivity index (χ2v) is 6.92. The Balaban J connectivity index is 1.37. The fourth-order valence-corrected chi connectivity index (χ4v) is 3.45. The molecule has 1 fully saturated rings. The normalized spacial score (nSPS) is 16.2. The summed E-state index contributed by atoms with van der Waals surface area (Å²) in [6, 6.07) is 7.21. The predicted molar refractivity (Wildman–Crippen MR) is 96.9 cm³/mol. The maximum Gasteiger partial charge on any atom is 0.266 e. The molecule has 0 saturated carbocycles. The van der Waals surface area contributed by atoms with Gasteiger partial charge >= 0.3 is 0 Å². The Morgan fingerprint density at radius 3 is 2.81 bits per heavy atom. The lowest BCUT2D eigenvalue weighted by molar-refractivity contribution is 0.162. The smallest absolute Gasteiger partial charge is 0.266 e. The molecule has 0 bridgehead atoms. The third-order valence-electron chi connectivity index (χ3n) is 4.87. The van der Waals surface area contributed by atoms with Crippen LogP contribution in [0.1, 0.15) is 24.2 Å². The fraction of sp³-hybridized carbons (Fsp3) is 0.444. The van der Waals surface area contributed by atoms with E-state index in [9.17, 15) is 4.79 Å². The SMILES string of the molecule is Cc1cc(CN2CCC(Cn3nc(-n4cccn4)ccc3=O)CC2)n[nH]1. The summed E-state index contributed by atoms with van der Waals surface area (Å²) >= 11 is 0. The molecule has 0 atom stereocenters. The molecular formula is C18H23N7O. The molecule has 1 aliphatic rings. The van der Waals surface area contributed by atoms with E-state index in [-0.39, 0.29) is 5.56 Å². The molecule has 3 aromatic heterocycles. The Morgan fingerprint density at radius 1 is 1.27 bits per heavy atom. The van der Waals surface area contributed by atoms with Gasteiger partial charge in [0.05, 0.1) is 5.69 Å². The van der Waals surface area contributed by atoms with Crippen LogP contribution in [0.3, 0.4) is 0 Å². The van der Waals surface area contributed by atoms with Gasteiger partial charge in [-0.2, -0.15) is 10.2 Å². The van der Waals surface area contributed by atoms with Crippen LogP contribution in [0.15, 0.2) is 41.5 Å². The first-order chi connectivity index (χ1) is 12.7. The minimum Gasteiger partial charge on any atom is -0.297 e. The highest BCUT2D eigenvalue weighted by Crippen LogP contribution is 2.20. The maximum atomic E-state index is 12.2. The van der Waals surface area contributed by atoms with Crippen LogP contribution >= 0.6 is 0 Å². The van der Waals surface area contributed by atoms with Crippen LogP contribution in [-0.4, -0.2) is 47.7 Å². The van der Waals surface area contributed by atoms with Gasteiger partial charge in [0.15, 0.2) is 5.82 Å². The first-order valence-corrected chi connectivity index (χ1v) is 8.99. The van der Waals surface area contributed by atoms with Crippen LogP contribution in [0.2, 0.25) is 0 Å². The molecule has 0 radical (unpaired) electrons. The van der Waals surface area contributed by atoms with E-state index in [0.717, 1.165) is 43.9 Å². The highest BCUT2D eigenvalue weighted by atomic mass is 16.1. The van der Waals surface area contributed by atoms with Crippen molar-refractivity contribution in [1.29, 1.82) is 0 Å². The monoisotopic (exact) mass is 353 g/mol. The van der Waals surface area contributed by atoms with Gasteiger partial charge in [-0.25, -0.2) is 9.36 Å². The van der Waals surface area contributed by atoms with Crippen LogP contribution in [0.25, 0.3) is 5.82 Å². The molecule has 1 saturated heterocycles. The second kappa shape index (κ2) is 7.25. The fourth-order valence-electron chi connectivity index (χ4n) is 3.45. The van der Waals surface area contributed by atoms with Gasteiger partial charge in [0.1, 0.15) is 0 Å². The summed E-state index contributed by atoms with van der Waals surface area (Å²) < 4.78 is 3.25. The molecule has 4 heterocycles. The molecule has 0 spiro atoms. The molecule has 0 aliphatic carbocycles. The topological polar surface area (TPSA) is 84.6 Å². The molecule has 136 valence electrons. The zero-order valence-corrected chi connectivity index (χ0v) is 14.9. The molecule has 3 aromatic rings. The summed E-state index contributed by atoms with van der Waals surface area (Å²) in [4.78, 5) is 14.6. The van der Waals surface area contributed by atoms with Crippen LogP contribution in [0, 0.1) is 12.8 Å². The Kier molecular flexibility index (Phi) is 4.66. The third-order valence-corrected chi connectivity index (χ3v) is 4.87. The van der Waals surface area contributed by atoms with Crippen molar-refractivity contribution in [2.24, 2.45) is 5.92 Å². The Labute approximate surface area is 151 Å². The number of rotatable bonds is 5. The van der Waals surface area contributed by atoms with Crippen LogP contribution in [-0.2, 0) is 13.1 Å². The predicted octanol–water partition coefficient (Wildman–Crippen LogP) is 1.37. The zero-order valence-electron chi connectivity index (χ0n) is 14.9. The highest BCUT2D eigenvalue weighted by Gasteiger charge is 2.21. The quantitative estimate of drug-likeness (QED) is 0.749. The van der Waals surface area contributed by atoms with Crippen molar-refractivity contribution in [1.82, 2.24) is 34.7 Å². The number of H-pyrrole nitrogens is 1. The number of hydrogen-bond acceptors (Lipinski definition) is 5. The van der Waals surface area contributed by atoms with Gasteiger partial charge in [-0.15, -0.1) is 5.10 Å². The number of aromatic nitrogens is 6. The van der Waals surface area contributed by atoms with Crippen molar-refractivity contribution >= 4 is 0 Å². The molecule has 8 nitrogen and oxygen atoms in total. The van der Waals surface area contributed by atoms with E-state index in [0.29, 0.717) is 18.3 Å². The van der Waals surface area contributed by atoms with Gasteiger partial charge < -0.3 is 0 Å². The lowest BCUT2D eigenvalue weighted by Gasteiger charge is -2.31. The lowest BCUT2D eigenvalue weighted by Crippen LogP contribution is -2.36. The summed E-state index contributed by atoms with van der Waals surface area (Å²) in [7, 11) is 0. The van der Waals surface area contributed by atoms with Crippen molar-refractivity contribution in [3.63, 3.8) is 0 Å². The summed E-state index contributed by atoms with van der Waals surface area (Å²) in [5.74, 6) is 1.13. The van der Waals surface area contributed by atoms with Gasteiger partial charge in [0, 0.05) is 37.2 Å². The van der Waals surface area contributed by atoms with E-state index in [4.69, 9.17) is 0 Å². The van der Waals surface area contributed by atoms with Crippen molar-refractivity contribution in [2.45, 2.75) is 32.9 Å². The molecule has 8 heteroatoms. The number of piperidine rings is 1. The highest BCUT2D eigenvalue weighted by molar-refractivity contribution is 5.17. The van der Waals surface area contributed by atoms with E-state index in [1.54, 1.807) is 27.7 Å². The number of nitrogens with zero attached hydrogens (tertiary/aromatic N) is 6. The van der Waals surface area contributed by atoms with Crippen molar-refractivity contribution < 1.29 is 0 Å². The molecule has 4 rings (SSSR count).